The van der Waals surface area contributed by atoms with Gasteiger partial charge in [0, 0.05) is 122 Å². The molecule has 32 nitrogen and oxygen atoms in total. The first-order chi connectivity index (χ1) is 64.9. The molecule has 0 aliphatic rings. The Bertz CT molecular complexity index is 7730. The zero-order valence-electron chi connectivity index (χ0n) is 75.4. The molecule has 19 aromatic rings. The average molecular weight is 1800 g/mol. The summed E-state index contributed by atoms with van der Waals surface area (Å²) in [4.78, 5) is 116. The zero-order chi connectivity index (χ0) is 96.2. The summed E-state index contributed by atoms with van der Waals surface area (Å²) in [6.45, 7) is 14.1. The Labute approximate surface area is 772 Å². The normalized spacial score (nSPS) is 11.1. The van der Waals surface area contributed by atoms with Crippen molar-refractivity contribution in [1.82, 2.24) is 59.8 Å². The number of nitrogens with zero attached hydrogens (tertiary/aromatic N) is 11. The summed E-state index contributed by atoms with van der Waals surface area (Å²) in [7, 11) is 5.31. The Hall–Kier alpha value is -17.8. The number of aromatic amines is 3. The number of nitro groups is 3. The monoisotopic (exact) mass is 1800 g/mol. The van der Waals surface area contributed by atoms with Crippen molar-refractivity contribution in [3.63, 3.8) is 0 Å². The van der Waals surface area contributed by atoms with Crippen LogP contribution in [-0.2, 0) is 17.9 Å². The van der Waals surface area contributed by atoms with E-state index in [1.165, 1.54) is 75.5 Å². The fourth-order valence-corrected chi connectivity index (χ4v) is 15.7. The summed E-state index contributed by atoms with van der Waals surface area (Å²) in [5, 5.41) is 55.1. The van der Waals surface area contributed by atoms with Gasteiger partial charge in [-0.25, -0.2) is 9.97 Å². The summed E-state index contributed by atoms with van der Waals surface area (Å²) in [6.07, 6.45) is 7.65. The molecule has 678 valence electrons. The van der Waals surface area contributed by atoms with E-state index in [4.69, 9.17) is 46.8 Å². The summed E-state index contributed by atoms with van der Waals surface area (Å²) in [5.74, 6) is 1.86. The Balaban J connectivity index is 0.000000142. The van der Waals surface area contributed by atoms with Gasteiger partial charge in [-0.05, 0) is 191 Å². The number of hydrogen-bond acceptors (Lipinski definition) is 23. The second-order valence-electron chi connectivity index (χ2n) is 31.6. The summed E-state index contributed by atoms with van der Waals surface area (Å²) in [6, 6.07) is 76.1. The molecule has 0 spiro atoms. The second-order valence-corrected chi connectivity index (χ2v) is 31.6. The van der Waals surface area contributed by atoms with Crippen LogP contribution in [0.1, 0.15) is 117 Å². The van der Waals surface area contributed by atoms with Crippen LogP contribution in [0.15, 0.2) is 267 Å². The third-order valence-corrected chi connectivity index (χ3v) is 22.8. The number of aromatic nitrogens is 11. The van der Waals surface area contributed by atoms with Crippen LogP contribution in [0, 0.1) is 44.2 Å². The van der Waals surface area contributed by atoms with E-state index in [9.17, 15) is 54.3 Å². The molecule has 12 aromatic carbocycles. The largest absolute Gasteiger partial charge is 0.497 e. The van der Waals surface area contributed by atoms with Gasteiger partial charge in [0.05, 0.1) is 86.6 Å². The molecular weight excluding hydrogens is 1710 g/mol. The van der Waals surface area contributed by atoms with Crippen molar-refractivity contribution in [1.29, 1.82) is 0 Å². The molecular formula is C103H93N19O13. The topological polar surface area (TPSA) is 470 Å². The summed E-state index contributed by atoms with van der Waals surface area (Å²) in [5.41, 5.74) is 35.5. The number of anilines is 4. The molecule has 19 rings (SSSR count). The van der Waals surface area contributed by atoms with Crippen LogP contribution in [-0.4, -0.2) is 120 Å². The number of nitro benzene ring substituents is 3. The number of H-pyrrole nitrogens is 3. The van der Waals surface area contributed by atoms with E-state index in [0.717, 1.165) is 139 Å². The van der Waals surface area contributed by atoms with Crippen molar-refractivity contribution in [2.45, 2.75) is 74.5 Å². The predicted octanol–water partition coefficient (Wildman–Crippen LogP) is 21.1. The number of imidazole rings is 2. The number of nitrogens with two attached hydrogens (primary N) is 3. The number of fused-ring (bicyclic) bond motifs is 7. The molecule has 0 aliphatic heterocycles. The van der Waals surface area contributed by atoms with E-state index < -0.39 is 15.8 Å². The first kappa shape index (κ1) is 93.3. The molecule has 0 bridgehead atoms. The highest BCUT2D eigenvalue weighted by molar-refractivity contribution is 6.09. The van der Waals surface area contributed by atoms with E-state index >= 15 is 0 Å². The lowest BCUT2D eigenvalue weighted by molar-refractivity contribution is -0.384. The molecule has 1 amide bonds. The van der Waals surface area contributed by atoms with Crippen molar-refractivity contribution >= 4 is 145 Å². The van der Waals surface area contributed by atoms with Crippen LogP contribution in [0.3, 0.4) is 0 Å². The number of carbonyl (C=O) groups excluding carboxylic acids is 5. The van der Waals surface area contributed by atoms with Crippen molar-refractivity contribution in [2.75, 3.05) is 43.8 Å². The van der Waals surface area contributed by atoms with Crippen molar-refractivity contribution in [2.24, 2.45) is 0 Å². The zero-order valence-corrected chi connectivity index (χ0v) is 75.4. The van der Waals surface area contributed by atoms with Gasteiger partial charge < -0.3 is 52.3 Å². The highest BCUT2D eigenvalue weighted by Crippen LogP contribution is 2.40. The number of carbonyl (C=O) groups is 5. The van der Waals surface area contributed by atoms with E-state index in [1.807, 2.05) is 123 Å². The quantitative estimate of drug-likeness (QED) is 0.0152. The summed E-state index contributed by atoms with van der Waals surface area (Å²) < 4.78 is 14.7. The molecule has 0 saturated heterocycles. The number of aryl methyl sites for hydroxylation is 2. The van der Waals surface area contributed by atoms with Crippen LogP contribution in [0.25, 0.3) is 122 Å². The SMILES string of the molecule is CC(=O)Nc1c(C(C)=O)cccc1[N+](=O)[O-].CC(=O)c1cccc(N)c1N.CC(=O)c1cccc([N+](=O)[O-])c1N.CNC(C)c1cccc2[nH]c(-c3nn(Cc4ccc(OC)cc4)c4ccc(-c5cncc6ccccc56)cc34)nc12.COc1ccc(Cn2nc(-c3nc4c(C(C)=O)cccc4[nH]3)c3cc(-c4cncc5ccccc45)ccc32)cc1.Cc1[nH]c2c([N+](=O)[O-])cccc2c1C. The predicted molar refractivity (Wildman–Crippen MR) is 527 cm³/mol. The number of Topliss-reactive ketones (excluding diaryl/α,β-unsaturated/α-hetero) is 4. The third kappa shape index (κ3) is 20.4. The van der Waals surface area contributed by atoms with Crippen LogP contribution < -0.4 is 37.3 Å². The number of ketones is 4. The molecule has 135 heavy (non-hydrogen) atoms. The number of rotatable bonds is 20. The van der Waals surface area contributed by atoms with Gasteiger partial charge in [-0.1, -0.05) is 133 Å². The molecule has 11 N–H and O–H groups in total. The van der Waals surface area contributed by atoms with Gasteiger partial charge in [-0.2, -0.15) is 10.2 Å². The lowest BCUT2D eigenvalue weighted by Gasteiger charge is -2.10. The third-order valence-electron chi connectivity index (χ3n) is 22.8. The maximum Gasteiger partial charge on any atom is 0.293 e. The summed E-state index contributed by atoms with van der Waals surface area (Å²) >= 11 is 0. The van der Waals surface area contributed by atoms with Crippen LogP contribution in [0.5, 0.6) is 11.5 Å². The Morgan fingerprint density at radius 1 is 0.452 bits per heavy atom. The van der Waals surface area contributed by atoms with Crippen LogP contribution >= 0.6 is 0 Å². The number of nitrogen functional groups attached to an aromatic ring is 3. The molecule has 0 radical (unpaired) electrons. The van der Waals surface area contributed by atoms with Crippen molar-refractivity contribution in [3.05, 3.63) is 348 Å². The van der Waals surface area contributed by atoms with Gasteiger partial charge in [0.1, 0.15) is 39.8 Å². The minimum absolute atomic E-state index is 0.0238. The maximum atomic E-state index is 12.3. The average Bonchev–Trinajstić information content (AvgIpc) is 1.60. The van der Waals surface area contributed by atoms with Gasteiger partial charge in [-0.15, -0.1) is 0 Å². The standard InChI is InChI=1S/C34H30N6O.C33H25N5O2.C10H10N2O4.C10H10N2O2.C8H8N2O3.C8H10N2O/c1-21(35-2)26-9-6-10-30-32(26)38-34(37-30)33-28-17-23(29-19-36-18-24-7-4-5-8-27(24)29)13-16-31(28)40(39-33)20-22-11-14-25(41-3)15-12-22;1-20(39)25-8-5-9-29-31(25)36-33(35-29)32-27-16-22(28-18-34-17-23-6-3-4-7-26(23)28)12-15-30(27)38(37-32)19-21-10-13-24(40-2)14-11-21;1-6(13)8-4-3-5-9(12(15)16)10(8)11-7(2)14;1-6-7(2)11-10-8(6)4-3-5-9(10)12(13)14;1-5(11)6-3-2-4-7(8(6)9)10(12)13;1-5(11)6-3-2-4-7(9)8(6)10/h4-19,21,35H,20H2,1-3H3,(H,37,38);3-18H,19H2,1-2H3,(H,35,36);3-5H,1-2H3,(H,11,14);3-5,11H,1-2H3;2-4H,9H2,1H3;2-4H,9-10H2,1H3. The van der Waals surface area contributed by atoms with Crippen LogP contribution in [0.4, 0.5) is 39.8 Å². The Morgan fingerprint density at radius 3 is 1.36 bits per heavy atom. The van der Waals surface area contributed by atoms with E-state index in [0.29, 0.717) is 52.4 Å². The fourth-order valence-electron chi connectivity index (χ4n) is 15.7. The van der Waals surface area contributed by atoms with E-state index in [1.54, 1.807) is 51.5 Å². The molecule has 7 heterocycles. The number of hydrogen-bond donors (Lipinski definition) is 8. The Morgan fingerprint density at radius 2 is 0.881 bits per heavy atom. The lowest BCUT2D eigenvalue weighted by atomic mass is 9.99. The van der Waals surface area contributed by atoms with Gasteiger partial charge in [0.25, 0.3) is 17.1 Å². The first-order valence-corrected chi connectivity index (χ1v) is 42.5. The molecule has 32 heteroatoms. The number of non-ortho nitro benzene ring substituents is 1. The minimum Gasteiger partial charge on any atom is -0.497 e. The van der Waals surface area contributed by atoms with Gasteiger partial charge >= 0.3 is 0 Å². The molecule has 0 saturated carbocycles. The number of nitrogens with one attached hydrogen (secondary N) is 5. The van der Waals surface area contributed by atoms with Gasteiger partial charge in [-0.3, -0.25) is 73.6 Å². The van der Waals surface area contributed by atoms with Crippen molar-refractivity contribution < 1.29 is 48.2 Å². The first-order valence-electron chi connectivity index (χ1n) is 42.5. The molecule has 0 aliphatic carbocycles. The van der Waals surface area contributed by atoms with Gasteiger partial charge in [0.15, 0.2) is 34.8 Å². The number of ether oxygens (including phenoxy) is 2. The highest BCUT2D eigenvalue weighted by Gasteiger charge is 2.26. The smallest absolute Gasteiger partial charge is 0.293 e. The molecule has 0 fully saturated rings. The molecule has 1 atom stereocenters. The van der Waals surface area contributed by atoms with Crippen LogP contribution in [0.2, 0.25) is 0 Å². The van der Waals surface area contributed by atoms with Gasteiger partial charge in [0.2, 0.25) is 5.91 Å². The Kier molecular flexibility index (Phi) is 28.3. The van der Waals surface area contributed by atoms with Crippen molar-refractivity contribution in [3.8, 4) is 56.8 Å². The van der Waals surface area contributed by atoms with E-state index in [-0.39, 0.29) is 73.7 Å². The number of benzene rings is 12. The number of pyridine rings is 2. The number of para-hydroxylation sites is 6. The van der Waals surface area contributed by atoms with E-state index in [2.05, 4.69) is 144 Å². The second kappa shape index (κ2) is 40.9. The fraction of sp³-hybridized carbons (Fsp3) is 0.136. The molecule has 7 aromatic heterocycles. The number of amides is 1. The minimum atomic E-state index is -0.641. The maximum absolute atomic E-state index is 12.3. The highest BCUT2D eigenvalue weighted by atomic mass is 16.6. The lowest BCUT2D eigenvalue weighted by Crippen LogP contribution is -2.12. The number of methoxy groups -OCH3 is 2. The molecule has 1 unspecified atom stereocenters.